The molecule has 0 rings (SSSR count). The molecule has 0 spiro atoms. The van der Waals surface area contributed by atoms with Crippen LogP contribution >= 0.6 is 15.6 Å². The van der Waals surface area contributed by atoms with Crippen LogP contribution in [0.5, 0.6) is 0 Å². The van der Waals surface area contributed by atoms with Crippen LogP contribution in [0.1, 0.15) is 466 Å². The standard InChI is InChI=1S/C88H172O17P2/c1-8-12-13-52-62-69-85(90)98-75-83(104-87(92)71-64-58-51-45-39-33-27-26-30-36-42-48-55-61-68-81(7)11-4)77-102-106(94,95)100-73-82(89)74-101-107(96,97)103-78-84(105-88(93)72-65-57-50-44-38-32-25-21-17-15-19-23-29-35-41-47-54-60-67-80(6)10-3)76-99-86(91)70-63-56-49-43-37-31-24-20-16-14-18-22-28-34-40-46-53-59-66-79(5)9-2/h79-84,89H,8-78H2,1-7H3,(H,94,95)(H,96,97)/t79?,80?,81?,82-,83+,84+/m0/s1. The predicted octanol–water partition coefficient (Wildman–Crippen LogP) is 26.9. The number of carbonyl (C=O) groups is 4. The summed E-state index contributed by atoms with van der Waals surface area (Å²) in [5.74, 6) is 0.477. The first-order chi connectivity index (χ1) is 51.8. The van der Waals surface area contributed by atoms with Crippen LogP contribution < -0.4 is 0 Å². The molecule has 636 valence electrons. The number of hydrogen-bond acceptors (Lipinski definition) is 15. The summed E-state index contributed by atoms with van der Waals surface area (Å²) in [6.45, 7) is 12.1. The SMILES string of the molecule is CCCCCCCC(=O)OC[C@H](COP(=O)(O)OC[C@H](O)COP(=O)(O)OC[C@@H](COC(=O)CCCCCCCCCCCCCCCCCCCCC(C)CC)OC(=O)CCCCCCCCCCCCCCCCCCCCC(C)CC)OC(=O)CCCCCCCCCCCCCCCCC(C)CC. The summed E-state index contributed by atoms with van der Waals surface area (Å²) in [5, 5.41) is 10.6. The van der Waals surface area contributed by atoms with Gasteiger partial charge in [-0.25, -0.2) is 9.13 Å². The Bertz CT molecular complexity index is 2070. The van der Waals surface area contributed by atoms with Gasteiger partial charge in [-0.15, -0.1) is 0 Å². The molecule has 0 aliphatic carbocycles. The minimum Gasteiger partial charge on any atom is -0.462 e. The molecule has 0 saturated heterocycles. The van der Waals surface area contributed by atoms with Crippen LogP contribution in [0.15, 0.2) is 0 Å². The van der Waals surface area contributed by atoms with E-state index in [2.05, 4.69) is 48.5 Å². The lowest BCUT2D eigenvalue weighted by Gasteiger charge is -2.21. The number of phosphoric ester groups is 2. The molecule has 19 heteroatoms. The minimum absolute atomic E-state index is 0.107. The zero-order valence-corrected chi connectivity index (χ0v) is 72.4. The average Bonchev–Trinajstić information content (AvgIpc) is 0.906. The lowest BCUT2D eigenvalue weighted by molar-refractivity contribution is -0.161. The van der Waals surface area contributed by atoms with E-state index in [1.54, 1.807) is 0 Å². The molecule has 107 heavy (non-hydrogen) atoms. The van der Waals surface area contributed by atoms with Gasteiger partial charge in [0.1, 0.15) is 19.3 Å². The third-order valence-electron chi connectivity index (χ3n) is 21.7. The van der Waals surface area contributed by atoms with E-state index in [-0.39, 0.29) is 25.7 Å². The number of aliphatic hydroxyl groups is 1. The first-order valence-electron chi connectivity index (χ1n) is 45.5. The van der Waals surface area contributed by atoms with Gasteiger partial charge in [0.25, 0.3) is 0 Å². The Kier molecular flexibility index (Phi) is 76.6. The van der Waals surface area contributed by atoms with Crippen LogP contribution in [-0.4, -0.2) is 96.7 Å². The highest BCUT2D eigenvalue weighted by Crippen LogP contribution is 2.45. The molecule has 0 aliphatic rings. The quantitative estimate of drug-likeness (QED) is 0.0222. The van der Waals surface area contributed by atoms with Crippen molar-refractivity contribution in [3.63, 3.8) is 0 Å². The fraction of sp³-hybridized carbons (Fsp3) is 0.955. The van der Waals surface area contributed by atoms with E-state index in [1.807, 2.05) is 0 Å². The van der Waals surface area contributed by atoms with Crippen molar-refractivity contribution in [1.29, 1.82) is 0 Å². The highest BCUT2D eigenvalue weighted by atomic mass is 31.2. The normalized spacial score (nSPS) is 14.6. The molecule has 0 radical (unpaired) electrons. The summed E-state index contributed by atoms with van der Waals surface area (Å²) in [4.78, 5) is 73.0. The Hall–Kier alpha value is -1.94. The van der Waals surface area contributed by atoms with Gasteiger partial charge in [0.15, 0.2) is 12.2 Å². The van der Waals surface area contributed by atoms with Gasteiger partial charge in [-0.3, -0.25) is 37.3 Å². The summed E-state index contributed by atoms with van der Waals surface area (Å²) < 4.78 is 68.7. The summed E-state index contributed by atoms with van der Waals surface area (Å²) >= 11 is 0. The zero-order valence-electron chi connectivity index (χ0n) is 70.6. The van der Waals surface area contributed by atoms with E-state index in [9.17, 15) is 43.2 Å². The maximum atomic E-state index is 13.1. The second kappa shape index (κ2) is 78.0. The molecular weight excluding hydrogens is 1390 g/mol. The van der Waals surface area contributed by atoms with Crippen molar-refractivity contribution in [1.82, 2.24) is 0 Å². The van der Waals surface area contributed by atoms with Crippen LogP contribution in [0.3, 0.4) is 0 Å². The first-order valence-corrected chi connectivity index (χ1v) is 48.5. The van der Waals surface area contributed by atoms with Gasteiger partial charge in [0.05, 0.1) is 26.4 Å². The topological polar surface area (TPSA) is 237 Å². The van der Waals surface area contributed by atoms with E-state index in [0.717, 1.165) is 114 Å². The number of unbranched alkanes of at least 4 members (excludes halogenated alkanes) is 51. The molecule has 0 fully saturated rings. The fourth-order valence-electron chi connectivity index (χ4n) is 13.6. The van der Waals surface area contributed by atoms with Gasteiger partial charge in [-0.1, -0.05) is 414 Å². The Morgan fingerprint density at radius 1 is 0.262 bits per heavy atom. The van der Waals surface area contributed by atoms with E-state index >= 15 is 0 Å². The van der Waals surface area contributed by atoms with E-state index in [0.29, 0.717) is 25.7 Å². The van der Waals surface area contributed by atoms with Gasteiger partial charge in [-0.05, 0) is 43.4 Å². The molecule has 0 aromatic carbocycles. The van der Waals surface area contributed by atoms with Gasteiger partial charge in [0, 0.05) is 25.7 Å². The number of hydrogen-bond donors (Lipinski definition) is 3. The third kappa shape index (κ3) is 77.8. The van der Waals surface area contributed by atoms with Crippen molar-refractivity contribution in [3.8, 4) is 0 Å². The van der Waals surface area contributed by atoms with E-state index < -0.39 is 97.5 Å². The second-order valence-electron chi connectivity index (χ2n) is 32.4. The van der Waals surface area contributed by atoms with Crippen molar-refractivity contribution in [2.75, 3.05) is 39.6 Å². The fourth-order valence-corrected chi connectivity index (χ4v) is 15.2. The summed E-state index contributed by atoms with van der Waals surface area (Å²) in [6, 6.07) is 0. The molecule has 17 nitrogen and oxygen atoms in total. The Labute approximate surface area is 658 Å². The predicted molar refractivity (Wildman–Crippen MR) is 441 cm³/mol. The first kappa shape index (κ1) is 105. The van der Waals surface area contributed by atoms with Gasteiger partial charge in [0.2, 0.25) is 0 Å². The molecule has 0 heterocycles. The lowest BCUT2D eigenvalue weighted by Crippen LogP contribution is -2.30. The molecule has 5 unspecified atom stereocenters. The highest BCUT2D eigenvalue weighted by molar-refractivity contribution is 7.47. The average molecular weight is 1560 g/mol. The maximum absolute atomic E-state index is 13.1. The van der Waals surface area contributed by atoms with Crippen molar-refractivity contribution < 1.29 is 80.2 Å². The van der Waals surface area contributed by atoms with Crippen LogP contribution in [0.25, 0.3) is 0 Å². The molecule has 0 amide bonds. The number of phosphoric acid groups is 2. The Morgan fingerprint density at radius 3 is 0.664 bits per heavy atom. The number of aliphatic hydroxyl groups excluding tert-OH is 1. The maximum Gasteiger partial charge on any atom is 0.472 e. The molecule has 0 aliphatic heterocycles. The van der Waals surface area contributed by atoms with Crippen molar-refractivity contribution in [2.24, 2.45) is 17.8 Å². The zero-order chi connectivity index (χ0) is 78.6. The van der Waals surface area contributed by atoms with Crippen LogP contribution in [0, 0.1) is 17.8 Å². The van der Waals surface area contributed by atoms with E-state index in [1.165, 1.54) is 270 Å². The van der Waals surface area contributed by atoms with Gasteiger partial charge in [-0.2, -0.15) is 0 Å². The van der Waals surface area contributed by atoms with Crippen LogP contribution in [0.4, 0.5) is 0 Å². The van der Waals surface area contributed by atoms with Crippen LogP contribution in [0.2, 0.25) is 0 Å². The molecular formula is C88H172O17P2. The molecule has 3 N–H and O–H groups in total. The van der Waals surface area contributed by atoms with Gasteiger partial charge >= 0.3 is 39.5 Å². The summed E-state index contributed by atoms with van der Waals surface area (Å²) in [6.07, 6.45) is 69.9. The number of ether oxygens (including phenoxy) is 4. The second-order valence-corrected chi connectivity index (χ2v) is 35.3. The summed E-state index contributed by atoms with van der Waals surface area (Å²) in [5.41, 5.74) is 0. The number of rotatable bonds is 86. The van der Waals surface area contributed by atoms with E-state index in [4.69, 9.17) is 37.0 Å². The third-order valence-corrected chi connectivity index (χ3v) is 23.6. The molecule has 8 atom stereocenters. The Morgan fingerprint density at radius 2 is 0.449 bits per heavy atom. The van der Waals surface area contributed by atoms with Gasteiger partial charge < -0.3 is 33.8 Å². The van der Waals surface area contributed by atoms with Crippen LogP contribution in [-0.2, 0) is 65.4 Å². The lowest BCUT2D eigenvalue weighted by atomic mass is 9.99. The monoisotopic (exact) mass is 1560 g/mol. The number of esters is 4. The molecule has 0 bridgehead atoms. The van der Waals surface area contributed by atoms with Crippen molar-refractivity contribution >= 4 is 39.5 Å². The Balaban J connectivity index is 5.10. The molecule has 0 aromatic rings. The van der Waals surface area contributed by atoms with Crippen molar-refractivity contribution in [2.45, 2.75) is 484 Å². The smallest absolute Gasteiger partial charge is 0.462 e. The largest absolute Gasteiger partial charge is 0.472 e. The summed E-state index contributed by atoms with van der Waals surface area (Å²) in [7, 11) is -9.92. The molecule has 0 aromatic heterocycles. The van der Waals surface area contributed by atoms with Crippen molar-refractivity contribution in [3.05, 3.63) is 0 Å². The highest BCUT2D eigenvalue weighted by Gasteiger charge is 2.31. The number of carbonyl (C=O) groups excluding carboxylic acids is 4. The molecule has 0 saturated carbocycles. The minimum atomic E-state index is -4.97.